The quantitative estimate of drug-likeness (QED) is 0.925. The SMILES string of the molecule is CNc1ccncc1S(=O)(=O)N1CCC(C(F)(F)F)CC1. The van der Waals surface area contributed by atoms with Crippen molar-refractivity contribution in [2.75, 3.05) is 25.5 Å². The molecule has 1 aliphatic heterocycles. The predicted octanol–water partition coefficient (Wildman–Crippen LogP) is 2.09. The van der Waals surface area contributed by atoms with Crippen molar-refractivity contribution in [3.8, 4) is 0 Å². The van der Waals surface area contributed by atoms with Crippen LogP contribution in [0.3, 0.4) is 0 Å². The smallest absolute Gasteiger partial charge is 0.387 e. The molecule has 0 spiro atoms. The molecule has 1 saturated heterocycles. The van der Waals surface area contributed by atoms with Crippen LogP contribution in [0.25, 0.3) is 0 Å². The van der Waals surface area contributed by atoms with Gasteiger partial charge < -0.3 is 5.32 Å². The fraction of sp³-hybridized carbons (Fsp3) is 0.583. The molecule has 2 rings (SSSR count). The van der Waals surface area contributed by atoms with E-state index in [9.17, 15) is 21.6 Å². The molecule has 1 aromatic rings. The average Bonchev–Trinajstić information content (AvgIpc) is 2.46. The normalized spacial score (nSPS) is 18.7. The van der Waals surface area contributed by atoms with E-state index in [1.807, 2.05) is 0 Å². The lowest BCUT2D eigenvalue weighted by atomic mass is 9.98. The van der Waals surface area contributed by atoms with Crippen LogP contribution in [-0.4, -0.2) is 44.0 Å². The van der Waals surface area contributed by atoms with Gasteiger partial charge in [-0.25, -0.2) is 8.42 Å². The number of halogens is 3. The van der Waals surface area contributed by atoms with Crippen LogP contribution in [0.4, 0.5) is 18.9 Å². The Labute approximate surface area is 121 Å². The second kappa shape index (κ2) is 5.80. The summed E-state index contributed by atoms with van der Waals surface area (Å²) in [5, 5.41) is 2.75. The minimum absolute atomic E-state index is 0.0158. The second-order valence-electron chi connectivity index (χ2n) is 4.84. The van der Waals surface area contributed by atoms with Gasteiger partial charge in [-0.2, -0.15) is 17.5 Å². The van der Waals surface area contributed by atoms with Crippen LogP contribution in [0.5, 0.6) is 0 Å². The first-order valence-corrected chi connectivity index (χ1v) is 7.89. The van der Waals surface area contributed by atoms with Gasteiger partial charge in [0.1, 0.15) is 4.90 Å². The molecule has 1 fully saturated rings. The van der Waals surface area contributed by atoms with Crippen LogP contribution in [0.2, 0.25) is 0 Å². The fourth-order valence-corrected chi connectivity index (χ4v) is 3.97. The van der Waals surface area contributed by atoms with Gasteiger partial charge in [0.25, 0.3) is 0 Å². The van der Waals surface area contributed by atoms with Gasteiger partial charge in [0.15, 0.2) is 0 Å². The molecule has 0 aliphatic carbocycles. The summed E-state index contributed by atoms with van der Waals surface area (Å²) >= 11 is 0. The first kappa shape index (κ1) is 16.0. The van der Waals surface area contributed by atoms with Crippen LogP contribution < -0.4 is 5.32 Å². The van der Waals surface area contributed by atoms with Gasteiger partial charge in [-0.15, -0.1) is 0 Å². The number of hydrogen-bond donors (Lipinski definition) is 1. The van der Waals surface area contributed by atoms with Crippen LogP contribution in [0, 0.1) is 5.92 Å². The van der Waals surface area contributed by atoms with Crippen molar-refractivity contribution in [1.82, 2.24) is 9.29 Å². The van der Waals surface area contributed by atoms with Gasteiger partial charge in [0, 0.05) is 32.5 Å². The molecule has 0 radical (unpaired) electrons. The molecule has 5 nitrogen and oxygen atoms in total. The van der Waals surface area contributed by atoms with E-state index >= 15 is 0 Å². The third kappa shape index (κ3) is 3.29. The molecule has 1 N–H and O–H groups in total. The van der Waals surface area contributed by atoms with Crippen LogP contribution in [0.15, 0.2) is 23.4 Å². The van der Waals surface area contributed by atoms with Crippen LogP contribution >= 0.6 is 0 Å². The number of pyridine rings is 1. The minimum Gasteiger partial charge on any atom is -0.387 e. The number of alkyl halides is 3. The number of rotatable bonds is 3. The zero-order valence-corrected chi connectivity index (χ0v) is 12.2. The summed E-state index contributed by atoms with van der Waals surface area (Å²) in [6, 6.07) is 1.51. The number of nitrogens with zero attached hydrogens (tertiary/aromatic N) is 2. The Bertz CT molecular complexity index is 596. The summed E-state index contributed by atoms with van der Waals surface area (Å²) in [4.78, 5) is 3.77. The van der Waals surface area contributed by atoms with E-state index in [0.29, 0.717) is 5.69 Å². The number of aromatic nitrogens is 1. The molecule has 0 aromatic carbocycles. The maximum Gasteiger partial charge on any atom is 0.391 e. The summed E-state index contributed by atoms with van der Waals surface area (Å²) in [5.41, 5.74) is 0.378. The number of anilines is 1. The molecule has 0 amide bonds. The van der Waals surface area contributed by atoms with E-state index in [4.69, 9.17) is 0 Å². The van der Waals surface area contributed by atoms with Gasteiger partial charge in [-0.3, -0.25) is 4.98 Å². The van der Waals surface area contributed by atoms with Crippen molar-refractivity contribution in [2.24, 2.45) is 5.92 Å². The lowest BCUT2D eigenvalue weighted by molar-refractivity contribution is -0.182. The summed E-state index contributed by atoms with van der Waals surface area (Å²) in [5.74, 6) is -1.43. The first-order valence-electron chi connectivity index (χ1n) is 6.45. The molecule has 0 atom stereocenters. The molecule has 0 unspecified atom stereocenters. The van der Waals surface area contributed by atoms with E-state index in [-0.39, 0.29) is 30.8 Å². The lowest BCUT2D eigenvalue weighted by Gasteiger charge is -2.32. The van der Waals surface area contributed by atoms with Crippen molar-refractivity contribution >= 4 is 15.7 Å². The monoisotopic (exact) mass is 323 g/mol. The Morgan fingerprint density at radius 3 is 2.48 bits per heavy atom. The predicted molar refractivity (Wildman–Crippen MR) is 71.3 cm³/mol. The molecule has 2 heterocycles. The molecular weight excluding hydrogens is 307 g/mol. The number of hydrogen-bond acceptors (Lipinski definition) is 4. The highest BCUT2D eigenvalue weighted by atomic mass is 32.2. The largest absolute Gasteiger partial charge is 0.391 e. The molecule has 0 saturated carbocycles. The average molecular weight is 323 g/mol. The number of nitrogens with one attached hydrogen (secondary N) is 1. The molecule has 0 bridgehead atoms. The Balaban J connectivity index is 2.19. The van der Waals surface area contributed by atoms with Gasteiger partial charge in [-0.05, 0) is 18.9 Å². The minimum atomic E-state index is -4.26. The van der Waals surface area contributed by atoms with Crippen molar-refractivity contribution in [3.05, 3.63) is 18.5 Å². The van der Waals surface area contributed by atoms with Crippen LogP contribution in [0.1, 0.15) is 12.8 Å². The number of sulfonamides is 1. The molecule has 1 aromatic heterocycles. The Kier molecular flexibility index (Phi) is 4.43. The lowest BCUT2D eigenvalue weighted by Crippen LogP contribution is -2.42. The Morgan fingerprint density at radius 1 is 1.33 bits per heavy atom. The summed E-state index contributed by atoms with van der Waals surface area (Å²) in [7, 11) is -2.26. The van der Waals surface area contributed by atoms with Crippen molar-refractivity contribution in [3.63, 3.8) is 0 Å². The summed E-state index contributed by atoms with van der Waals surface area (Å²) in [6.07, 6.45) is -2.03. The van der Waals surface area contributed by atoms with E-state index < -0.39 is 22.1 Å². The van der Waals surface area contributed by atoms with Crippen molar-refractivity contribution < 1.29 is 21.6 Å². The van der Waals surface area contributed by atoms with Crippen molar-refractivity contribution in [1.29, 1.82) is 0 Å². The van der Waals surface area contributed by atoms with Gasteiger partial charge in [0.05, 0.1) is 11.6 Å². The maximum atomic E-state index is 12.6. The molecule has 9 heteroatoms. The van der Waals surface area contributed by atoms with E-state index in [2.05, 4.69) is 10.3 Å². The number of piperidine rings is 1. The Morgan fingerprint density at radius 2 is 1.95 bits per heavy atom. The summed E-state index contributed by atoms with van der Waals surface area (Å²) in [6.45, 7) is -0.269. The van der Waals surface area contributed by atoms with E-state index in [1.54, 1.807) is 7.05 Å². The summed E-state index contributed by atoms with van der Waals surface area (Å²) < 4.78 is 63.9. The third-order valence-corrected chi connectivity index (χ3v) is 5.51. The van der Waals surface area contributed by atoms with Gasteiger partial charge in [-0.1, -0.05) is 0 Å². The van der Waals surface area contributed by atoms with Gasteiger partial charge >= 0.3 is 6.18 Å². The molecule has 1 aliphatic rings. The standard InChI is InChI=1S/C12H16F3N3O2S/c1-16-10-2-5-17-8-11(10)21(19,20)18-6-3-9(4-7-18)12(13,14)15/h2,5,8-9H,3-4,6-7H2,1H3,(H,16,17). The second-order valence-corrected chi connectivity index (χ2v) is 6.75. The molecule has 118 valence electrons. The zero-order chi connectivity index (χ0) is 15.7. The highest BCUT2D eigenvalue weighted by molar-refractivity contribution is 7.89. The Hall–Kier alpha value is -1.35. The zero-order valence-electron chi connectivity index (χ0n) is 11.4. The fourth-order valence-electron chi connectivity index (χ4n) is 2.35. The third-order valence-electron chi connectivity index (χ3n) is 3.59. The first-order chi connectivity index (χ1) is 9.76. The topological polar surface area (TPSA) is 62.3 Å². The van der Waals surface area contributed by atoms with Crippen LogP contribution in [-0.2, 0) is 10.0 Å². The highest BCUT2D eigenvalue weighted by Crippen LogP contribution is 2.36. The van der Waals surface area contributed by atoms with E-state index in [0.717, 1.165) is 4.31 Å². The molecule has 21 heavy (non-hydrogen) atoms. The highest BCUT2D eigenvalue weighted by Gasteiger charge is 2.43. The van der Waals surface area contributed by atoms with Gasteiger partial charge in [0.2, 0.25) is 10.0 Å². The maximum absolute atomic E-state index is 12.6. The van der Waals surface area contributed by atoms with E-state index in [1.165, 1.54) is 18.5 Å². The van der Waals surface area contributed by atoms with Crippen molar-refractivity contribution in [2.45, 2.75) is 23.9 Å². The molecular formula is C12H16F3N3O2S.